The van der Waals surface area contributed by atoms with E-state index in [-0.39, 0.29) is 24.5 Å². The van der Waals surface area contributed by atoms with Crippen molar-refractivity contribution in [3.63, 3.8) is 0 Å². The Morgan fingerprint density at radius 2 is 1.50 bits per heavy atom. The summed E-state index contributed by atoms with van der Waals surface area (Å²) in [6.07, 6.45) is 0.963. The maximum absolute atomic E-state index is 13.0. The number of rotatable bonds is 5. The van der Waals surface area contributed by atoms with Crippen molar-refractivity contribution in [3.8, 4) is 0 Å². The minimum Gasteiger partial charge on any atom is -0.447 e. The number of imide groups is 1. The van der Waals surface area contributed by atoms with E-state index < -0.39 is 24.4 Å². The molecule has 0 saturated carbocycles. The number of hydrogen-bond donors (Lipinski definition) is 0. The summed E-state index contributed by atoms with van der Waals surface area (Å²) in [6.45, 7) is 12.2. The van der Waals surface area contributed by atoms with Crippen LogP contribution in [0.1, 0.15) is 65.9 Å². The van der Waals surface area contributed by atoms with Crippen LogP contribution in [0.15, 0.2) is 60.7 Å². The molecular weight excluding hydrogens is 429 g/mol. The monoisotopic (exact) mass is 465 g/mol. The lowest BCUT2D eigenvalue weighted by atomic mass is 9.78. The second-order valence-electron chi connectivity index (χ2n) is 9.89. The maximum atomic E-state index is 13.0. The number of amides is 2. The van der Waals surface area contributed by atoms with Crippen LogP contribution in [0, 0.1) is 0 Å². The Morgan fingerprint density at radius 1 is 1.00 bits per heavy atom. The molecule has 2 aliphatic heterocycles. The number of nitrogens with zero attached hydrogens (tertiary/aromatic N) is 1. The highest BCUT2D eigenvalue weighted by Gasteiger charge is 2.51. The van der Waals surface area contributed by atoms with E-state index in [1.165, 1.54) is 4.90 Å². The van der Waals surface area contributed by atoms with Crippen LogP contribution < -0.4 is 5.46 Å². The van der Waals surface area contributed by atoms with Crippen molar-refractivity contribution >= 4 is 24.6 Å². The summed E-state index contributed by atoms with van der Waals surface area (Å²) in [4.78, 5) is 26.3. The highest BCUT2D eigenvalue weighted by atomic mass is 16.7. The molecule has 0 N–H and O–H groups in total. The van der Waals surface area contributed by atoms with Crippen LogP contribution in [0.3, 0.4) is 0 Å². The number of benzene rings is 2. The van der Waals surface area contributed by atoms with Crippen molar-refractivity contribution in [1.29, 1.82) is 0 Å². The Balaban J connectivity index is 0.000000469. The third-order valence-electron chi connectivity index (χ3n) is 6.73. The summed E-state index contributed by atoms with van der Waals surface area (Å²) >= 11 is 0. The van der Waals surface area contributed by atoms with Crippen LogP contribution in [0.4, 0.5) is 4.79 Å². The molecule has 2 heterocycles. The molecule has 2 saturated heterocycles. The third-order valence-corrected chi connectivity index (χ3v) is 6.73. The van der Waals surface area contributed by atoms with Crippen LogP contribution in [0.5, 0.6) is 0 Å². The van der Waals surface area contributed by atoms with Gasteiger partial charge in [-0.1, -0.05) is 74.0 Å². The van der Waals surface area contributed by atoms with Gasteiger partial charge in [-0.25, -0.2) is 9.69 Å². The van der Waals surface area contributed by atoms with Crippen LogP contribution in [0.25, 0.3) is 0 Å². The Morgan fingerprint density at radius 3 is 1.91 bits per heavy atom. The fourth-order valence-corrected chi connectivity index (χ4v) is 3.96. The summed E-state index contributed by atoms with van der Waals surface area (Å²) in [7, 11) is -0.437. The van der Waals surface area contributed by atoms with Crippen LogP contribution >= 0.6 is 0 Å². The summed E-state index contributed by atoms with van der Waals surface area (Å²) in [5, 5.41) is 0. The summed E-state index contributed by atoms with van der Waals surface area (Å²) in [5.41, 5.74) is 1.00. The normalized spacial score (nSPS) is 21.5. The van der Waals surface area contributed by atoms with E-state index in [9.17, 15) is 9.59 Å². The Kier molecular flexibility index (Phi) is 8.21. The highest BCUT2D eigenvalue weighted by molar-refractivity contribution is 6.62. The van der Waals surface area contributed by atoms with E-state index in [0.717, 1.165) is 17.4 Å². The number of ether oxygens (including phenoxy) is 1. The molecule has 7 heteroatoms. The smallest absolute Gasteiger partial charge is 0.447 e. The molecule has 2 amide bonds. The molecule has 4 rings (SSSR count). The molecule has 2 aliphatic rings. The molecular formula is C27H36BNO5. The number of carbonyl (C=O) groups excluding carboxylic acids is 2. The predicted molar refractivity (Wildman–Crippen MR) is 134 cm³/mol. The van der Waals surface area contributed by atoms with E-state index in [1.54, 1.807) is 0 Å². The van der Waals surface area contributed by atoms with Gasteiger partial charge in [0.2, 0.25) is 5.91 Å². The van der Waals surface area contributed by atoms with Gasteiger partial charge in [0.25, 0.3) is 0 Å². The molecule has 2 aromatic rings. The first kappa shape index (κ1) is 26.0. The highest BCUT2D eigenvalue weighted by Crippen LogP contribution is 2.36. The lowest BCUT2D eigenvalue weighted by molar-refractivity contribution is -0.130. The zero-order valence-electron chi connectivity index (χ0n) is 21.1. The third kappa shape index (κ3) is 5.70. The predicted octanol–water partition coefficient (Wildman–Crippen LogP) is 4.92. The van der Waals surface area contributed by atoms with E-state index >= 15 is 0 Å². The first-order chi connectivity index (χ1) is 16.1. The molecule has 2 atom stereocenters. The molecule has 0 radical (unpaired) electrons. The lowest BCUT2D eigenvalue weighted by Gasteiger charge is -2.32. The summed E-state index contributed by atoms with van der Waals surface area (Å²) in [6, 6.07) is 19.5. The van der Waals surface area contributed by atoms with Crippen LogP contribution in [-0.4, -0.2) is 47.9 Å². The van der Waals surface area contributed by atoms with Gasteiger partial charge >= 0.3 is 13.2 Å². The number of cyclic esters (lactones) is 1. The van der Waals surface area contributed by atoms with E-state index in [4.69, 9.17) is 14.0 Å². The first-order valence-corrected chi connectivity index (χ1v) is 12.0. The summed E-state index contributed by atoms with van der Waals surface area (Å²) < 4.78 is 17.2. The fraction of sp³-hybridized carbons (Fsp3) is 0.481. The van der Waals surface area contributed by atoms with Gasteiger partial charge in [-0.2, -0.15) is 0 Å². The first-order valence-electron chi connectivity index (χ1n) is 12.0. The Labute approximate surface area is 203 Å². The number of carbonyl (C=O) groups is 2. The van der Waals surface area contributed by atoms with Gasteiger partial charge in [0.05, 0.1) is 23.2 Å². The fourth-order valence-electron chi connectivity index (χ4n) is 3.96. The molecule has 6 nitrogen and oxygen atoms in total. The van der Waals surface area contributed by atoms with Gasteiger partial charge in [-0.3, -0.25) is 4.79 Å². The molecule has 2 aromatic carbocycles. The Bertz CT molecular complexity index is 918. The minimum atomic E-state index is -0.549. The van der Waals surface area contributed by atoms with E-state index in [2.05, 4.69) is 0 Å². The van der Waals surface area contributed by atoms with Crippen molar-refractivity contribution in [3.05, 3.63) is 66.2 Å². The number of hydrogen-bond acceptors (Lipinski definition) is 5. The molecule has 2 fully saturated rings. The van der Waals surface area contributed by atoms with Crippen molar-refractivity contribution in [2.24, 2.45) is 0 Å². The summed E-state index contributed by atoms with van der Waals surface area (Å²) in [5.74, 6) is -0.564. The molecule has 34 heavy (non-hydrogen) atoms. The molecule has 0 bridgehead atoms. The Hall–Kier alpha value is -2.64. The molecule has 0 spiro atoms. The average Bonchev–Trinajstić information content (AvgIpc) is 3.26. The minimum absolute atomic E-state index is 0.194. The quantitative estimate of drug-likeness (QED) is 0.587. The SMILES string of the molecule is CCCC(C(=O)N1C(=O)OC[C@H]1C)c1ccc(B2OC(C)(C)C(C)(C)O2)cc1.c1ccccc1. The van der Waals surface area contributed by atoms with Gasteiger partial charge < -0.3 is 14.0 Å². The van der Waals surface area contributed by atoms with Gasteiger partial charge in [-0.05, 0) is 52.1 Å². The topological polar surface area (TPSA) is 65.1 Å². The molecule has 0 aliphatic carbocycles. The van der Waals surface area contributed by atoms with Crippen molar-refractivity contribution < 1.29 is 23.6 Å². The van der Waals surface area contributed by atoms with E-state index in [0.29, 0.717) is 6.42 Å². The van der Waals surface area contributed by atoms with Crippen molar-refractivity contribution in [1.82, 2.24) is 4.90 Å². The zero-order valence-corrected chi connectivity index (χ0v) is 21.1. The zero-order chi connectivity index (χ0) is 24.9. The van der Waals surface area contributed by atoms with Gasteiger partial charge in [0, 0.05) is 0 Å². The molecule has 182 valence electrons. The average molecular weight is 465 g/mol. The van der Waals surface area contributed by atoms with Gasteiger partial charge in [-0.15, -0.1) is 0 Å². The second-order valence-corrected chi connectivity index (χ2v) is 9.89. The van der Waals surface area contributed by atoms with Crippen LogP contribution in [0.2, 0.25) is 0 Å². The standard InChI is InChI=1S/C21H30BNO5.C6H6/c1-7-8-17(18(24)23-14(2)13-26-19(23)25)15-9-11-16(12-10-15)22-27-20(3,4)21(5,6)28-22;1-2-4-6-5-3-1/h9-12,14,17H,7-8,13H2,1-6H3;1-6H/t14-,17?;/m1./s1. The van der Waals surface area contributed by atoms with E-state index in [1.807, 2.05) is 102 Å². The second kappa shape index (κ2) is 10.7. The largest absolute Gasteiger partial charge is 0.494 e. The maximum Gasteiger partial charge on any atom is 0.494 e. The van der Waals surface area contributed by atoms with Crippen molar-refractivity contribution in [2.75, 3.05) is 6.61 Å². The van der Waals surface area contributed by atoms with Crippen LogP contribution in [-0.2, 0) is 18.8 Å². The molecule has 0 aromatic heterocycles. The van der Waals surface area contributed by atoms with Gasteiger partial charge in [0.15, 0.2) is 0 Å². The van der Waals surface area contributed by atoms with Crippen molar-refractivity contribution in [2.45, 2.75) is 77.5 Å². The lowest BCUT2D eigenvalue weighted by Crippen LogP contribution is -2.41. The van der Waals surface area contributed by atoms with Gasteiger partial charge in [0.1, 0.15) is 6.61 Å². The molecule has 1 unspecified atom stereocenters.